The Morgan fingerprint density at radius 1 is 0.818 bits per heavy atom. The van der Waals surface area contributed by atoms with Crippen molar-refractivity contribution in [1.29, 1.82) is 0 Å². The van der Waals surface area contributed by atoms with Gasteiger partial charge in [0.15, 0.2) is 0 Å². The Balaban J connectivity index is 2.07. The molecule has 1 heterocycles. The molecule has 0 spiro atoms. The zero-order chi connectivity index (χ0) is 15.8. The van der Waals surface area contributed by atoms with Crippen LogP contribution in [-0.2, 0) is 0 Å². The fraction of sp³-hybridized carbons (Fsp3) is 0.250. The molecule has 0 aromatic heterocycles. The quantitative estimate of drug-likeness (QED) is 0.572. The number of anilines is 2. The van der Waals surface area contributed by atoms with Crippen molar-refractivity contribution in [3.05, 3.63) is 60.7 Å². The molecule has 0 unspecified atom stereocenters. The van der Waals surface area contributed by atoms with Gasteiger partial charge < -0.3 is 9.13 Å². The fourth-order valence-corrected chi connectivity index (χ4v) is 14.8. The Kier molecular flexibility index (Phi) is 4.29. The van der Waals surface area contributed by atoms with E-state index >= 15 is 0 Å². The second kappa shape index (κ2) is 5.92. The summed E-state index contributed by atoms with van der Waals surface area (Å²) >= 11 is 13.7. The molecule has 0 radical (unpaired) electrons. The number of hydrogen-bond donors (Lipinski definition) is 0. The number of benzene rings is 2. The van der Waals surface area contributed by atoms with Gasteiger partial charge in [0.1, 0.15) is 0 Å². The Labute approximate surface area is 143 Å². The minimum atomic E-state index is -2.40. The van der Waals surface area contributed by atoms with Gasteiger partial charge in [0.25, 0.3) is 14.1 Å². The molecule has 1 aliphatic rings. The first kappa shape index (κ1) is 15.9. The number of hydrogen-bond acceptors (Lipinski definition) is 2. The van der Waals surface area contributed by atoms with Gasteiger partial charge in [-0.15, -0.1) is 22.2 Å². The summed E-state index contributed by atoms with van der Waals surface area (Å²) in [6, 6.07) is 21.1. The van der Waals surface area contributed by atoms with Crippen LogP contribution in [0.25, 0.3) is 0 Å². The van der Waals surface area contributed by atoms with Crippen molar-refractivity contribution in [2.75, 3.05) is 22.2 Å². The monoisotopic (exact) mass is 366 g/mol. The predicted molar refractivity (Wildman–Crippen MR) is 103 cm³/mol. The zero-order valence-electron chi connectivity index (χ0n) is 12.8. The smallest absolute Gasteiger partial charge is 0.283 e. The summed E-state index contributed by atoms with van der Waals surface area (Å²) in [5.41, 5.74) is 2.46. The van der Waals surface area contributed by atoms with E-state index in [1.165, 1.54) is 11.4 Å². The van der Waals surface area contributed by atoms with Crippen molar-refractivity contribution >= 4 is 47.7 Å². The number of rotatable bonds is 3. The Hall–Kier alpha value is -0.946. The lowest BCUT2D eigenvalue weighted by atomic mass is 10.3. The summed E-state index contributed by atoms with van der Waals surface area (Å²) in [6.07, 6.45) is -2.40. The number of nitrogens with zero attached hydrogens (tertiary/aromatic N) is 2. The van der Waals surface area contributed by atoms with E-state index in [0.717, 1.165) is 13.1 Å². The Morgan fingerprint density at radius 3 is 1.50 bits per heavy atom. The molecular weight excluding hydrogens is 347 g/mol. The van der Waals surface area contributed by atoms with Crippen LogP contribution in [0.4, 0.5) is 11.4 Å². The van der Waals surface area contributed by atoms with Gasteiger partial charge in [-0.05, 0) is 37.4 Å². The lowest BCUT2D eigenvalue weighted by Crippen LogP contribution is -2.70. The fourth-order valence-electron chi connectivity index (χ4n) is 3.23. The molecule has 116 valence electrons. The third-order valence-electron chi connectivity index (χ3n) is 4.57. The largest absolute Gasteiger partial charge is 0.380 e. The van der Waals surface area contributed by atoms with Gasteiger partial charge in [-0.3, -0.25) is 0 Å². The maximum absolute atomic E-state index is 6.85. The first-order valence-corrected chi connectivity index (χ1v) is 15.4. The van der Waals surface area contributed by atoms with Crippen molar-refractivity contribution in [3.63, 3.8) is 0 Å². The molecule has 1 aliphatic heterocycles. The third kappa shape index (κ3) is 2.58. The van der Waals surface area contributed by atoms with Crippen LogP contribution in [0.5, 0.6) is 0 Å². The zero-order valence-corrected chi connectivity index (χ0v) is 16.3. The lowest BCUT2D eigenvalue weighted by Gasteiger charge is -2.45. The average molecular weight is 367 g/mol. The highest BCUT2D eigenvalue weighted by Crippen LogP contribution is 2.41. The van der Waals surface area contributed by atoms with Gasteiger partial charge >= 0.3 is 0 Å². The molecule has 0 bridgehead atoms. The highest BCUT2D eigenvalue weighted by Gasteiger charge is 2.60. The molecule has 1 saturated heterocycles. The molecule has 2 nitrogen and oxygen atoms in total. The maximum atomic E-state index is 6.85. The van der Waals surface area contributed by atoms with Crippen LogP contribution in [0.3, 0.4) is 0 Å². The highest BCUT2D eigenvalue weighted by molar-refractivity contribution is 7.75. The number of halogens is 2. The molecular formula is C16H20Cl2N2Si2. The molecule has 0 saturated carbocycles. The summed E-state index contributed by atoms with van der Waals surface area (Å²) in [6.45, 7) is 6.33. The van der Waals surface area contributed by atoms with E-state index in [1.54, 1.807) is 0 Å². The van der Waals surface area contributed by atoms with Gasteiger partial charge in [-0.2, -0.15) is 0 Å². The summed E-state index contributed by atoms with van der Waals surface area (Å²) in [7, 11) is -2.19. The minimum absolute atomic E-state index is 0.976. The second-order valence-electron chi connectivity index (χ2n) is 5.88. The van der Waals surface area contributed by atoms with E-state index in [9.17, 15) is 0 Å². The van der Waals surface area contributed by atoms with Gasteiger partial charge in [-0.1, -0.05) is 36.4 Å². The van der Waals surface area contributed by atoms with Crippen LogP contribution in [0, 0.1) is 0 Å². The average Bonchev–Trinajstić information content (AvgIpc) is 2.87. The van der Waals surface area contributed by atoms with Gasteiger partial charge in [0.2, 0.25) is 0 Å². The predicted octanol–water partition coefficient (Wildman–Crippen LogP) is 4.71. The first-order valence-electron chi connectivity index (χ1n) is 7.48. The van der Waals surface area contributed by atoms with Crippen LogP contribution < -0.4 is 9.13 Å². The third-order valence-corrected chi connectivity index (χ3v) is 22.3. The number of para-hydroxylation sites is 2. The molecule has 22 heavy (non-hydrogen) atoms. The van der Waals surface area contributed by atoms with Crippen LogP contribution in [0.2, 0.25) is 13.1 Å². The molecule has 2 aromatic rings. The van der Waals surface area contributed by atoms with Gasteiger partial charge in [0, 0.05) is 24.5 Å². The Bertz CT molecular complexity index is 584. The molecule has 2 aromatic carbocycles. The van der Waals surface area contributed by atoms with E-state index in [4.69, 9.17) is 22.2 Å². The molecule has 0 amide bonds. The summed E-state index contributed by atoms with van der Waals surface area (Å²) < 4.78 is 4.98. The second-order valence-corrected chi connectivity index (χ2v) is 23.6. The molecule has 3 rings (SSSR count). The van der Waals surface area contributed by atoms with Crippen LogP contribution in [0.15, 0.2) is 60.7 Å². The molecule has 0 aliphatic carbocycles. The van der Waals surface area contributed by atoms with Crippen LogP contribution in [0.1, 0.15) is 0 Å². The van der Waals surface area contributed by atoms with E-state index in [1.807, 2.05) is 12.1 Å². The van der Waals surface area contributed by atoms with E-state index < -0.39 is 14.1 Å². The minimum Gasteiger partial charge on any atom is -0.380 e. The normalized spacial score (nSPS) is 17.8. The molecule has 0 atom stereocenters. The van der Waals surface area contributed by atoms with E-state index in [-0.39, 0.29) is 0 Å². The van der Waals surface area contributed by atoms with E-state index in [2.05, 4.69) is 70.8 Å². The highest BCUT2D eigenvalue weighted by atomic mass is 35.7. The van der Waals surface area contributed by atoms with Gasteiger partial charge in [-0.25, -0.2) is 0 Å². The maximum Gasteiger partial charge on any atom is 0.283 e. The summed E-state index contributed by atoms with van der Waals surface area (Å²) in [4.78, 5) is 0. The van der Waals surface area contributed by atoms with Crippen LogP contribution >= 0.6 is 22.2 Å². The lowest BCUT2D eigenvalue weighted by molar-refractivity contribution is 1.02. The van der Waals surface area contributed by atoms with Gasteiger partial charge in [0.05, 0.1) is 0 Å². The molecule has 0 N–H and O–H groups in total. The summed E-state index contributed by atoms with van der Waals surface area (Å²) in [5.74, 6) is 0. The van der Waals surface area contributed by atoms with E-state index in [0.29, 0.717) is 0 Å². The summed E-state index contributed by atoms with van der Waals surface area (Å²) in [5, 5.41) is 0. The van der Waals surface area contributed by atoms with Crippen molar-refractivity contribution in [2.24, 2.45) is 0 Å². The standard InChI is InChI=1S/C16H20Cl2N2Si2/c1-21(17,18)22(2)19(15-9-5-3-6-10-15)13-14-20(22)16-11-7-4-8-12-16/h3-12H,13-14H2,1-2H3. The Morgan fingerprint density at radius 2 is 1.18 bits per heavy atom. The topological polar surface area (TPSA) is 6.48 Å². The van der Waals surface area contributed by atoms with Crippen molar-refractivity contribution in [1.82, 2.24) is 0 Å². The van der Waals surface area contributed by atoms with Crippen molar-refractivity contribution < 1.29 is 0 Å². The van der Waals surface area contributed by atoms with Crippen molar-refractivity contribution in [3.8, 4) is 0 Å². The molecule has 1 fully saturated rings. The SMILES string of the molecule is C[Si](Cl)(Cl)[Si]1(C)N(c2ccccc2)CCN1c1ccccc1. The molecule has 6 heteroatoms. The van der Waals surface area contributed by atoms with Crippen LogP contribution in [-0.4, -0.2) is 27.2 Å². The van der Waals surface area contributed by atoms with Crippen molar-refractivity contribution in [2.45, 2.75) is 13.1 Å². The first-order chi connectivity index (χ1) is 10.4.